The number of hydrogen-bond donors (Lipinski definition) is 4. The number of aryl methyl sites for hydroxylation is 4. The molecule has 2 heterocycles. The van der Waals surface area contributed by atoms with Crippen LogP contribution in [0.3, 0.4) is 0 Å². The quantitative estimate of drug-likeness (QED) is 0.291. The highest BCUT2D eigenvalue weighted by Crippen LogP contribution is 2.12. The maximum absolute atomic E-state index is 9.19. The molecule has 154 valence electrons. The Morgan fingerprint density at radius 1 is 0.967 bits per heavy atom. The van der Waals surface area contributed by atoms with E-state index in [0.29, 0.717) is 11.9 Å². The first-order chi connectivity index (χ1) is 14.2. The number of nitrogens with two attached hydrogens (primary N) is 1. The first-order valence-electron chi connectivity index (χ1n) is 8.95. The summed E-state index contributed by atoms with van der Waals surface area (Å²) in [7, 11) is 0. The number of rotatable bonds is 3. The molecule has 30 heavy (non-hydrogen) atoms. The SMILES string of the molecule is Cc1cc(C)nc(/[NH+]=C(\N)Nc2ccc(O)cc2)n1.Cc1cc(C)nc(N=C=[N-])n1. The molecule has 0 aliphatic carbocycles. The summed E-state index contributed by atoms with van der Waals surface area (Å²) in [4.78, 5) is 22.6. The number of anilines is 1. The largest absolute Gasteiger partial charge is 0.508 e. The second kappa shape index (κ2) is 10.4. The van der Waals surface area contributed by atoms with Crippen molar-refractivity contribution in [3.05, 3.63) is 64.6 Å². The fourth-order valence-electron chi connectivity index (χ4n) is 2.44. The smallest absolute Gasteiger partial charge is 0.354 e. The zero-order valence-corrected chi connectivity index (χ0v) is 17.2. The minimum atomic E-state index is 0.203. The van der Waals surface area contributed by atoms with Crippen LogP contribution >= 0.6 is 0 Å². The van der Waals surface area contributed by atoms with E-state index in [2.05, 4.69) is 35.2 Å². The molecular formula is C20H23N9O. The molecule has 0 amide bonds. The molecule has 0 bridgehead atoms. The molecule has 5 N–H and O–H groups in total. The lowest BCUT2D eigenvalue weighted by Gasteiger charge is -2.01. The maximum atomic E-state index is 9.19. The molecule has 0 atom stereocenters. The fourth-order valence-corrected chi connectivity index (χ4v) is 2.44. The number of phenolic OH excluding ortho intramolecular Hbond substituents is 1. The van der Waals surface area contributed by atoms with E-state index in [9.17, 15) is 5.11 Å². The molecule has 1 aromatic carbocycles. The second-order valence-electron chi connectivity index (χ2n) is 6.35. The van der Waals surface area contributed by atoms with E-state index >= 15 is 0 Å². The van der Waals surface area contributed by atoms with E-state index in [-0.39, 0.29) is 11.7 Å². The summed E-state index contributed by atoms with van der Waals surface area (Å²) in [5, 5.41) is 20.3. The summed E-state index contributed by atoms with van der Waals surface area (Å²) in [5.41, 5.74) is 9.97. The third kappa shape index (κ3) is 7.45. The van der Waals surface area contributed by atoms with Gasteiger partial charge in [-0.25, -0.2) is 15.0 Å². The van der Waals surface area contributed by atoms with Crippen LogP contribution in [0.1, 0.15) is 22.8 Å². The lowest BCUT2D eigenvalue weighted by atomic mass is 10.3. The Kier molecular flexibility index (Phi) is 7.67. The monoisotopic (exact) mass is 405 g/mol. The van der Waals surface area contributed by atoms with Gasteiger partial charge in [0.25, 0.3) is 5.96 Å². The van der Waals surface area contributed by atoms with Gasteiger partial charge in [-0.05, 0) is 58.0 Å². The summed E-state index contributed by atoms with van der Waals surface area (Å²) in [6.07, 6.45) is 0. The van der Waals surface area contributed by atoms with Gasteiger partial charge in [0.05, 0.1) is 17.1 Å². The molecule has 3 rings (SSSR count). The minimum absolute atomic E-state index is 0.203. The summed E-state index contributed by atoms with van der Waals surface area (Å²) in [6, 6.07) is 11.9. The Morgan fingerprint density at radius 2 is 1.47 bits per heavy atom. The summed E-state index contributed by atoms with van der Waals surface area (Å²) >= 11 is 0. The van der Waals surface area contributed by atoms with Crippen molar-refractivity contribution in [2.45, 2.75) is 27.7 Å². The van der Waals surface area contributed by atoms with E-state index in [4.69, 9.17) is 11.1 Å². The number of aromatic nitrogens is 4. The minimum Gasteiger partial charge on any atom is -0.508 e. The standard InChI is InChI=1S/C13H15N5O.C7H7N4/c1-8-7-9(2)16-13(15-8)18-12(14)17-10-3-5-11(19)6-4-10;1-5-3-6(2)11-7(10-5)9-4-8/h3-7,19H,1-2H3,(H3,14,15,16,17,18);3H,1-2H3/q;-1/p+1. The van der Waals surface area contributed by atoms with Crippen LogP contribution in [0.15, 0.2) is 41.4 Å². The van der Waals surface area contributed by atoms with Crippen molar-refractivity contribution in [3.8, 4) is 5.75 Å². The average Bonchev–Trinajstić information content (AvgIpc) is 2.63. The highest BCUT2D eigenvalue weighted by Gasteiger charge is 2.05. The molecule has 0 radical (unpaired) electrons. The Bertz CT molecular complexity index is 1050. The number of hydrogen-bond acceptors (Lipinski definition) is 6. The fraction of sp³-hybridized carbons (Fsp3) is 0.200. The van der Waals surface area contributed by atoms with Crippen LogP contribution in [0.25, 0.3) is 5.41 Å². The molecule has 10 heteroatoms. The first-order valence-corrected chi connectivity index (χ1v) is 8.95. The highest BCUT2D eigenvalue weighted by atomic mass is 16.3. The van der Waals surface area contributed by atoms with Gasteiger partial charge in [0.15, 0.2) is 0 Å². The van der Waals surface area contributed by atoms with Crippen LogP contribution in [0.4, 0.5) is 17.6 Å². The topological polar surface area (TPSA) is 158 Å². The van der Waals surface area contributed by atoms with E-state index in [1.165, 1.54) is 0 Å². The number of nitrogens with one attached hydrogen (secondary N) is 2. The van der Waals surface area contributed by atoms with Gasteiger partial charge in [0.2, 0.25) is 0 Å². The van der Waals surface area contributed by atoms with Crippen LogP contribution in [0.5, 0.6) is 5.75 Å². The molecule has 0 unspecified atom stereocenters. The molecule has 0 saturated carbocycles. The van der Waals surface area contributed by atoms with Gasteiger partial charge in [-0.1, -0.05) is 0 Å². The summed E-state index contributed by atoms with van der Waals surface area (Å²) in [6.45, 7) is 7.46. The molecular weight excluding hydrogens is 382 g/mol. The molecule has 0 aliphatic rings. The van der Waals surface area contributed by atoms with Gasteiger partial charge in [-0.2, -0.15) is 0 Å². The number of phenols is 1. The predicted molar refractivity (Wildman–Crippen MR) is 115 cm³/mol. The van der Waals surface area contributed by atoms with Crippen molar-refractivity contribution in [1.29, 1.82) is 0 Å². The van der Waals surface area contributed by atoms with Crippen LogP contribution in [-0.2, 0) is 0 Å². The van der Waals surface area contributed by atoms with Gasteiger partial charge in [0.1, 0.15) is 11.7 Å². The van der Waals surface area contributed by atoms with E-state index in [1.807, 2.05) is 39.8 Å². The van der Waals surface area contributed by atoms with Crippen molar-refractivity contribution >= 4 is 29.6 Å². The van der Waals surface area contributed by atoms with Crippen LogP contribution in [0, 0.1) is 27.7 Å². The van der Waals surface area contributed by atoms with Gasteiger partial charge in [0, 0.05) is 17.5 Å². The van der Waals surface area contributed by atoms with Crippen molar-refractivity contribution in [2.75, 3.05) is 5.32 Å². The van der Waals surface area contributed by atoms with Crippen LogP contribution < -0.4 is 16.0 Å². The molecule has 0 saturated heterocycles. The van der Waals surface area contributed by atoms with Crippen molar-refractivity contribution < 1.29 is 10.1 Å². The van der Waals surface area contributed by atoms with Crippen molar-refractivity contribution in [1.82, 2.24) is 19.9 Å². The lowest BCUT2D eigenvalue weighted by molar-refractivity contribution is -0.365. The van der Waals surface area contributed by atoms with Crippen molar-refractivity contribution in [2.24, 2.45) is 10.7 Å². The second-order valence-corrected chi connectivity index (χ2v) is 6.35. The number of aliphatic imine (C=N–C) groups is 1. The van der Waals surface area contributed by atoms with Crippen LogP contribution in [-0.4, -0.2) is 37.0 Å². The lowest BCUT2D eigenvalue weighted by Crippen LogP contribution is -2.72. The third-order valence-electron chi connectivity index (χ3n) is 3.50. The number of nitrogens with zero attached hydrogens (tertiary/aromatic N) is 6. The molecule has 3 aromatic rings. The zero-order valence-electron chi connectivity index (χ0n) is 17.2. The normalized spacial score (nSPS) is 10.5. The van der Waals surface area contributed by atoms with E-state index < -0.39 is 0 Å². The number of benzene rings is 1. The maximum Gasteiger partial charge on any atom is 0.354 e. The first kappa shape index (κ1) is 22.1. The Morgan fingerprint density at radius 3 is 1.97 bits per heavy atom. The summed E-state index contributed by atoms with van der Waals surface area (Å²) < 4.78 is 0. The molecule has 2 aromatic heterocycles. The molecule has 0 aliphatic heterocycles. The number of guanidine groups is 1. The molecule has 0 spiro atoms. The van der Waals surface area contributed by atoms with Gasteiger partial charge < -0.3 is 21.2 Å². The highest BCUT2D eigenvalue weighted by molar-refractivity contribution is 5.88. The van der Waals surface area contributed by atoms with Gasteiger partial charge in [-0.3, -0.25) is 5.32 Å². The van der Waals surface area contributed by atoms with Gasteiger partial charge in [-0.15, -0.1) is 16.0 Å². The van der Waals surface area contributed by atoms with E-state index in [1.54, 1.807) is 30.3 Å². The van der Waals surface area contributed by atoms with Crippen LogP contribution in [0.2, 0.25) is 0 Å². The Labute approximate surface area is 174 Å². The Balaban J connectivity index is 0.000000248. The zero-order chi connectivity index (χ0) is 22.1. The van der Waals surface area contributed by atoms with Gasteiger partial charge >= 0.3 is 5.95 Å². The molecule has 0 fully saturated rings. The third-order valence-corrected chi connectivity index (χ3v) is 3.50. The predicted octanol–water partition coefficient (Wildman–Crippen LogP) is 1.41. The summed E-state index contributed by atoms with van der Waals surface area (Å²) in [5.74, 6) is 1.21. The number of aromatic hydroxyl groups is 1. The molecule has 10 nitrogen and oxygen atoms in total. The van der Waals surface area contributed by atoms with E-state index in [0.717, 1.165) is 28.5 Å². The average molecular weight is 405 g/mol. The van der Waals surface area contributed by atoms with Crippen molar-refractivity contribution in [3.63, 3.8) is 0 Å². The Hall–Kier alpha value is -4.17.